The van der Waals surface area contributed by atoms with E-state index in [1.165, 1.54) is 11.6 Å². The van der Waals surface area contributed by atoms with Crippen molar-refractivity contribution in [2.45, 2.75) is 44.0 Å². The van der Waals surface area contributed by atoms with Crippen LogP contribution in [0.2, 0.25) is 0 Å². The lowest BCUT2D eigenvalue weighted by Gasteiger charge is -2.33. The number of piperidine rings is 1. The van der Waals surface area contributed by atoms with Gasteiger partial charge in [-0.15, -0.1) is 0 Å². The molecule has 224 valence electrons. The van der Waals surface area contributed by atoms with Crippen molar-refractivity contribution in [2.75, 3.05) is 69.4 Å². The fraction of sp³-hybridized carbons (Fsp3) is 0.471. The third-order valence-corrected chi connectivity index (χ3v) is 8.58. The van der Waals surface area contributed by atoms with Crippen LogP contribution in [0.25, 0.3) is 0 Å². The highest BCUT2D eigenvalue weighted by atomic mass is 19.1. The first-order valence-corrected chi connectivity index (χ1v) is 15.3. The van der Waals surface area contributed by atoms with Crippen LogP contribution in [0.15, 0.2) is 66.7 Å². The van der Waals surface area contributed by atoms with Gasteiger partial charge in [-0.25, -0.2) is 4.39 Å². The Hall–Kier alpha value is -3.33. The van der Waals surface area contributed by atoms with E-state index in [9.17, 15) is 4.39 Å². The van der Waals surface area contributed by atoms with Gasteiger partial charge >= 0.3 is 0 Å². The normalized spacial score (nSPS) is 22.1. The molecular formula is C34H42FN3O4. The minimum absolute atomic E-state index is 0.0882. The number of halogens is 1. The molecule has 8 heteroatoms. The van der Waals surface area contributed by atoms with Gasteiger partial charge < -0.3 is 34.1 Å². The average molecular weight is 576 g/mol. The molecule has 7 nitrogen and oxygen atoms in total. The third-order valence-electron chi connectivity index (χ3n) is 8.58. The molecule has 3 aromatic carbocycles. The van der Waals surface area contributed by atoms with Crippen molar-refractivity contribution in [1.29, 1.82) is 0 Å². The van der Waals surface area contributed by atoms with Gasteiger partial charge in [0.05, 0.1) is 31.5 Å². The van der Waals surface area contributed by atoms with Crippen LogP contribution >= 0.6 is 0 Å². The molecule has 0 aromatic heterocycles. The number of benzene rings is 3. The van der Waals surface area contributed by atoms with Crippen LogP contribution in [-0.2, 0) is 16.1 Å². The zero-order chi connectivity index (χ0) is 28.7. The van der Waals surface area contributed by atoms with Crippen LogP contribution in [0.4, 0.5) is 15.8 Å². The first-order chi connectivity index (χ1) is 20.7. The van der Waals surface area contributed by atoms with Crippen LogP contribution in [-0.4, -0.2) is 71.8 Å². The topological polar surface area (TPSA) is 55.4 Å². The van der Waals surface area contributed by atoms with Gasteiger partial charge in [-0.05, 0) is 73.0 Å². The van der Waals surface area contributed by atoms with Gasteiger partial charge in [-0.3, -0.25) is 0 Å². The molecule has 0 aliphatic carbocycles. The zero-order valence-corrected chi connectivity index (χ0v) is 24.5. The highest BCUT2D eigenvalue weighted by molar-refractivity contribution is 5.61. The maximum atomic E-state index is 13.7. The number of anilines is 2. The summed E-state index contributed by atoms with van der Waals surface area (Å²) in [4.78, 5) is 4.58. The third kappa shape index (κ3) is 7.00. The number of hydrogen-bond donors (Lipinski definition) is 1. The predicted molar refractivity (Wildman–Crippen MR) is 164 cm³/mol. The summed E-state index contributed by atoms with van der Waals surface area (Å²) in [5.74, 6) is 1.94. The maximum absolute atomic E-state index is 13.7. The van der Waals surface area contributed by atoms with Crippen molar-refractivity contribution in [3.63, 3.8) is 0 Å². The van der Waals surface area contributed by atoms with E-state index in [4.69, 9.17) is 18.9 Å². The number of fused-ring (bicyclic) bond motifs is 1. The molecule has 1 N–H and O–H groups in total. The summed E-state index contributed by atoms with van der Waals surface area (Å²) in [5, 5.41) is 3.52. The molecule has 3 aliphatic heterocycles. The molecule has 3 heterocycles. The van der Waals surface area contributed by atoms with E-state index >= 15 is 0 Å². The molecule has 3 aromatic rings. The summed E-state index contributed by atoms with van der Waals surface area (Å²) in [5.41, 5.74) is 4.50. The highest BCUT2D eigenvalue weighted by Crippen LogP contribution is 2.34. The van der Waals surface area contributed by atoms with Crippen molar-refractivity contribution < 1.29 is 23.3 Å². The Morgan fingerprint density at radius 2 is 1.93 bits per heavy atom. The lowest BCUT2D eigenvalue weighted by molar-refractivity contribution is 0.0106. The second kappa shape index (κ2) is 13.8. The standard InChI is InChI=1S/C34H42FN3O4/c1-39-18-3-15-37-17-19-40-33-11-6-25(20-32(33)37)24-41-34-22-36-14-12-31(34)26-7-9-29(10-8-26)42-30-13-16-38(23-30)28-5-2-4-27(35)21-28/h2,4-11,20-21,30-31,34,36H,3,12-19,22-24H2,1H3/t30-,31?,34?/m0/s1. The lowest BCUT2D eigenvalue weighted by Crippen LogP contribution is -2.41. The largest absolute Gasteiger partial charge is 0.490 e. The van der Waals surface area contributed by atoms with Gasteiger partial charge in [0.2, 0.25) is 0 Å². The van der Waals surface area contributed by atoms with E-state index in [0.717, 1.165) is 93.6 Å². The van der Waals surface area contributed by atoms with E-state index in [-0.39, 0.29) is 18.0 Å². The highest BCUT2D eigenvalue weighted by Gasteiger charge is 2.28. The minimum atomic E-state index is -0.203. The number of hydrogen-bond acceptors (Lipinski definition) is 7. The first-order valence-electron chi connectivity index (χ1n) is 15.3. The quantitative estimate of drug-likeness (QED) is 0.308. The summed E-state index contributed by atoms with van der Waals surface area (Å²) in [6.07, 6.45) is 3.12. The summed E-state index contributed by atoms with van der Waals surface area (Å²) in [6.45, 7) is 7.31. The van der Waals surface area contributed by atoms with Crippen LogP contribution in [0.5, 0.6) is 11.5 Å². The van der Waals surface area contributed by atoms with Crippen LogP contribution in [0.1, 0.15) is 36.3 Å². The molecule has 0 spiro atoms. The summed E-state index contributed by atoms with van der Waals surface area (Å²) in [7, 11) is 1.75. The molecule has 0 amide bonds. The second-order valence-corrected chi connectivity index (χ2v) is 11.5. The van der Waals surface area contributed by atoms with E-state index in [0.29, 0.717) is 19.1 Å². The van der Waals surface area contributed by atoms with Crippen LogP contribution < -0.4 is 24.6 Å². The monoisotopic (exact) mass is 575 g/mol. The molecule has 0 bridgehead atoms. The minimum Gasteiger partial charge on any atom is -0.490 e. The average Bonchev–Trinajstić information content (AvgIpc) is 3.49. The predicted octanol–water partition coefficient (Wildman–Crippen LogP) is 5.38. The number of methoxy groups -OCH3 is 1. The number of rotatable bonds is 11. The molecule has 2 fully saturated rings. The van der Waals surface area contributed by atoms with Crippen molar-refractivity contribution >= 4 is 11.4 Å². The van der Waals surface area contributed by atoms with Crippen LogP contribution in [0.3, 0.4) is 0 Å². The second-order valence-electron chi connectivity index (χ2n) is 11.5. The van der Waals surface area contributed by atoms with E-state index < -0.39 is 0 Å². The molecule has 3 aliphatic rings. The SMILES string of the molecule is COCCCN1CCOc2ccc(COC3CNCCC3c3ccc(O[C@H]4CCN(c5cccc(F)c5)C4)cc3)cc21. The molecule has 0 radical (unpaired) electrons. The van der Waals surface area contributed by atoms with Gasteiger partial charge in [0.25, 0.3) is 0 Å². The molecule has 3 atom stereocenters. The van der Waals surface area contributed by atoms with Gasteiger partial charge in [0, 0.05) is 51.4 Å². The van der Waals surface area contributed by atoms with Gasteiger partial charge in [-0.2, -0.15) is 0 Å². The van der Waals surface area contributed by atoms with E-state index in [1.54, 1.807) is 19.2 Å². The van der Waals surface area contributed by atoms with Crippen molar-refractivity contribution in [3.8, 4) is 11.5 Å². The fourth-order valence-corrected chi connectivity index (χ4v) is 6.35. The number of nitrogens with zero attached hydrogens (tertiary/aromatic N) is 2. The zero-order valence-electron chi connectivity index (χ0n) is 24.5. The van der Waals surface area contributed by atoms with Crippen LogP contribution in [0, 0.1) is 5.82 Å². The summed E-state index contributed by atoms with van der Waals surface area (Å²) in [6, 6.07) is 21.8. The molecule has 6 rings (SSSR count). The van der Waals surface area contributed by atoms with E-state index in [2.05, 4.69) is 57.6 Å². The molecule has 2 unspecified atom stereocenters. The Morgan fingerprint density at radius 1 is 1.02 bits per heavy atom. The first kappa shape index (κ1) is 28.8. The Kier molecular flexibility index (Phi) is 9.43. The Morgan fingerprint density at radius 3 is 2.79 bits per heavy atom. The number of nitrogens with one attached hydrogen (secondary N) is 1. The van der Waals surface area contributed by atoms with Gasteiger partial charge in [0.1, 0.15) is 30.0 Å². The van der Waals surface area contributed by atoms with Crippen molar-refractivity contribution in [1.82, 2.24) is 5.32 Å². The van der Waals surface area contributed by atoms with E-state index in [1.807, 2.05) is 6.07 Å². The molecular weight excluding hydrogens is 533 g/mol. The molecule has 42 heavy (non-hydrogen) atoms. The lowest BCUT2D eigenvalue weighted by atomic mass is 9.87. The van der Waals surface area contributed by atoms with Gasteiger partial charge in [-0.1, -0.05) is 24.3 Å². The summed E-state index contributed by atoms with van der Waals surface area (Å²) < 4.78 is 37.7. The number of ether oxygens (including phenoxy) is 4. The van der Waals surface area contributed by atoms with Gasteiger partial charge in [0.15, 0.2) is 0 Å². The summed E-state index contributed by atoms with van der Waals surface area (Å²) >= 11 is 0. The van der Waals surface area contributed by atoms with Crippen molar-refractivity contribution in [2.24, 2.45) is 0 Å². The smallest absolute Gasteiger partial charge is 0.142 e. The Bertz CT molecular complexity index is 1310. The maximum Gasteiger partial charge on any atom is 0.142 e. The molecule has 2 saturated heterocycles. The fourth-order valence-electron chi connectivity index (χ4n) is 6.35. The Labute approximate surface area is 248 Å². The van der Waals surface area contributed by atoms with Crippen molar-refractivity contribution in [3.05, 3.63) is 83.7 Å². The molecule has 0 saturated carbocycles. The Balaban J connectivity index is 1.05.